The molecule has 0 radical (unpaired) electrons. The van der Waals surface area contributed by atoms with Crippen LogP contribution in [0.4, 0.5) is 10.5 Å². The molecule has 2 aromatic carbocycles. The number of anilines is 1. The molecule has 1 N–H and O–H groups in total. The summed E-state index contributed by atoms with van der Waals surface area (Å²) >= 11 is 6.27. The van der Waals surface area contributed by atoms with Crippen LogP contribution in [-0.2, 0) is 16.0 Å². The van der Waals surface area contributed by atoms with Crippen molar-refractivity contribution in [3.8, 4) is 23.0 Å². The van der Waals surface area contributed by atoms with Crippen LogP contribution in [-0.4, -0.2) is 58.0 Å². The van der Waals surface area contributed by atoms with Crippen molar-refractivity contribution in [3.05, 3.63) is 40.4 Å². The zero-order valence-electron chi connectivity index (χ0n) is 20.6. The monoisotopic (exact) mass is 506 g/mol. The third kappa shape index (κ3) is 5.85. The van der Waals surface area contributed by atoms with Gasteiger partial charge in [0.15, 0.2) is 11.5 Å². The number of ether oxygens (including phenoxy) is 5. The number of amides is 2. The van der Waals surface area contributed by atoms with Gasteiger partial charge in [0.1, 0.15) is 11.5 Å². The first-order valence-electron chi connectivity index (χ1n) is 11.3. The molecule has 190 valence electrons. The lowest BCUT2D eigenvalue weighted by Crippen LogP contribution is -2.43. The average Bonchev–Trinajstić information content (AvgIpc) is 2.85. The van der Waals surface area contributed by atoms with E-state index in [0.29, 0.717) is 59.9 Å². The minimum Gasteiger partial charge on any atom is -0.495 e. The first-order chi connectivity index (χ1) is 16.9. The lowest BCUT2D eigenvalue weighted by molar-refractivity contribution is -0.141. The van der Waals surface area contributed by atoms with Crippen LogP contribution in [0, 0.1) is 0 Å². The van der Waals surface area contributed by atoms with E-state index in [1.165, 1.54) is 21.3 Å². The van der Waals surface area contributed by atoms with Crippen molar-refractivity contribution in [1.29, 1.82) is 0 Å². The van der Waals surface area contributed by atoms with E-state index in [1.54, 1.807) is 17.0 Å². The number of urea groups is 1. The average molecular weight is 507 g/mol. The number of methoxy groups -OCH3 is 3. The van der Waals surface area contributed by atoms with Crippen LogP contribution in [0.15, 0.2) is 24.3 Å². The molecule has 3 rings (SSSR count). The normalized spacial score (nSPS) is 14.6. The number of benzene rings is 2. The van der Waals surface area contributed by atoms with Gasteiger partial charge in [-0.25, -0.2) is 4.79 Å². The molecule has 0 fully saturated rings. The summed E-state index contributed by atoms with van der Waals surface area (Å²) in [7, 11) is 4.31. The van der Waals surface area contributed by atoms with Crippen molar-refractivity contribution in [1.82, 2.24) is 4.90 Å². The smallest absolute Gasteiger partial charge is 0.322 e. The summed E-state index contributed by atoms with van der Waals surface area (Å²) in [5, 5.41) is 3.18. The number of carbonyl (C=O) groups excluding carboxylic acids is 2. The standard InChI is InChI=1S/C25H31ClN2O7/c1-6-34-22-10-15-8-9-28(19(13-24(29)33-5)16(15)11-23(22)35-7-2)25(30)27-18-12-17(26)20(31-3)14-21(18)32-4/h10-12,14,19H,6-9,13H2,1-5H3,(H,27,30)/t19-/m0/s1. The number of nitrogens with zero attached hydrogens (tertiary/aromatic N) is 1. The van der Waals surface area contributed by atoms with Gasteiger partial charge in [-0.1, -0.05) is 11.6 Å². The second-order valence-corrected chi connectivity index (χ2v) is 8.13. The second-order valence-electron chi connectivity index (χ2n) is 7.72. The van der Waals surface area contributed by atoms with Gasteiger partial charge in [0.2, 0.25) is 0 Å². The summed E-state index contributed by atoms with van der Waals surface area (Å²) in [5.41, 5.74) is 2.18. The van der Waals surface area contributed by atoms with Crippen LogP contribution in [0.2, 0.25) is 5.02 Å². The first kappa shape index (κ1) is 26.3. The highest BCUT2D eigenvalue weighted by Gasteiger charge is 2.34. The third-order valence-corrected chi connectivity index (χ3v) is 6.02. The molecule has 0 unspecified atom stereocenters. The summed E-state index contributed by atoms with van der Waals surface area (Å²) in [6, 6.07) is 5.96. The van der Waals surface area contributed by atoms with Crippen molar-refractivity contribution in [2.45, 2.75) is 32.7 Å². The minimum atomic E-state index is -0.569. The van der Waals surface area contributed by atoms with Crippen molar-refractivity contribution < 1.29 is 33.3 Å². The van der Waals surface area contributed by atoms with Gasteiger partial charge in [0, 0.05) is 12.6 Å². The Balaban J connectivity index is 1.98. The number of carbonyl (C=O) groups is 2. The summed E-state index contributed by atoms with van der Waals surface area (Å²) in [4.78, 5) is 27.4. The van der Waals surface area contributed by atoms with E-state index in [2.05, 4.69) is 5.32 Å². The number of hydrogen-bond donors (Lipinski definition) is 1. The Labute approximate surface area is 210 Å². The number of hydrogen-bond acceptors (Lipinski definition) is 7. The molecule has 0 aliphatic carbocycles. The van der Waals surface area contributed by atoms with Gasteiger partial charge in [-0.05, 0) is 49.6 Å². The van der Waals surface area contributed by atoms with E-state index in [9.17, 15) is 9.59 Å². The van der Waals surface area contributed by atoms with Gasteiger partial charge >= 0.3 is 12.0 Å². The molecule has 0 saturated heterocycles. The number of esters is 1. The number of nitrogens with one attached hydrogen (secondary N) is 1. The van der Waals surface area contributed by atoms with Crippen LogP contribution < -0.4 is 24.3 Å². The summed E-state index contributed by atoms with van der Waals surface area (Å²) < 4.78 is 27.1. The third-order valence-electron chi connectivity index (χ3n) is 5.73. The van der Waals surface area contributed by atoms with E-state index in [-0.39, 0.29) is 6.42 Å². The van der Waals surface area contributed by atoms with Crippen LogP contribution in [0.5, 0.6) is 23.0 Å². The van der Waals surface area contributed by atoms with Gasteiger partial charge in [-0.2, -0.15) is 0 Å². The lowest BCUT2D eigenvalue weighted by Gasteiger charge is -2.37. The topological polar surface area (TPSA) is 95.6 Å². The van der Waals surface area contributed by atoms with Gasteiger partial charge in [0.25, 0.3) is 0 Å². The van der Waals surface area contributed by atoms with Crippen molar-refractivity contribution in [2.24, 2.45) is 0 Å². The Morgan fingerprint density at radius 2 is 1.63 bits per heavy atom. The molecule has 2 aromatic rings. The van der Waals surface area contributed by atoms with Crippen molar-refractivity contribution in [3.63, 3.8) is 0 Å². The summed E-state index contributed by atoms with van der Waals surface area (Å²) in [6.45, 7) is 5.11. The van der Waals surface area contributed by atoms with E-state index < -0.39 is 18.0 Å². The maximum atomic E-state index is 13.4. The molecule has 0 bridgehead atoms. The number of fused-ring (bicyclic) bond motifs is 1. The van der Waals surface area contributed by atoms with Crippen LogP contribution in [0.3, 0.4) is 0 Å². The maximum Gasteiger partial charge on any atom is 0.322 e. The SMILES string of the molecule is CCOc1cc2c(cc1OCC)[C@H](CC(=O)OC)N(C(=O)Nc1cc(Cl)c(OC)cc1OC)CC2. The fraction of sp³-hybridized carbons (Fsp3) is 0.440. The van der Waals surface area contributed by atoms with Crippen LogP contribution in [0.1, 0.15) is 37.4 Å². The Morgan fingerprint density at radius 3 is 2.23 bits per heavy atom. The molecule has 1 heterocycles. The molecule has 0 spiro atoms. The van der Waals surface area contributed by atoms with Gasteiger partial charge < -0.3 is 33.9 Å². The van der Waals surface area contributed by atoms with E-state index in [1.807, 2.05) is 26.0 Å². The highest BCUT2D eigenvalue weighted by Crippen LogP contribution is 2.41. The molecule has 1 aliphatic heterocycles. The Hall–Kier alpha value is -3.33. The Kier molecular flexibility index (Phi) is 8.92. The van der Waals surface area contributed by atoms with Crippen LogP contribution in [0.25, 0.3) is 0 Å². The zero-order chi connectivity index (χ0) is 25.5. The maximum absolute atomic E-state index is 13.4. The van der Waals surface area contributed by atoms with Crippen molar-refractivity contribution >= 4 is 29.3 Å². The van der Waals surface area contributed by atoms with E-state index in [0.717, 1.165) is 11.1 Å². The van der Waals surface area contributed by atoms with Crippen LogP contribution >= 0.6 is 11.6 Å². The van der Waals surface area contributed by atoms with Gasteiger partial charge in [-0.3, -0.25) is 4.79 Å². The highest BCUT2D eigenvalue weighted by molar-refractivity contribution is 6.32. The molecule has 0 saturated carbocycles. The fourth-order valence-electron chi connectivity index (χ4n) is 4.09. The fourth-order valence-corrected chi connectivity index (χ4v) is 4.34. The molecule has 2 amide bonds. The molecular formula is C25H31ClN2O7. The molecule has 35 heavy (non-hydrogen) atoms. The Bertz CT molecular complexity index is 1080. The second kappa shape index (κ2) is 11.9. The Morgan fingerprint density at radius 1 is 0.971 bits per heavy atom. The van der Waals surface area contributed by atoms with Crippen molar-refractivity contribution in [2.75, 3.05) is 46.4 Å². The largest absolute Gasteiger partial charge is 0.495 e. The lowest BCUT2D eigenvalue weighted by atomic mass is 9.90. The van der Waals surface area contributed by atoms with Gasteiger partial charge in [0.05, 0.1) is 57.7 Å². The molecule has 0 aromatic heterocycles. The minimum absolute atomic E-state index is 0.0169. The zero-order valence-corrected chi connectivity index (χ0v) is 21.4. The van der Waals surface area contributed by atoms with E-state index >= 15 is 0 Å². The predicted octanol–water partition coefficient (Wildman–Crippen LogP) is 4.85. The molecule has 9 nitrogen and oxygen atoms in total. The molecule has 1 atom stereocenters. The quantitative estimate of drug-likeness (QED) is 0.486. The molecular weight excluding hydrogens is 476 g/mol. The summed E-state index contributed by atoms with van der Waals surface area (Å²) in [6.07, 6.45) is 0.560. The summed E-state index contributed by atoms with van der Waals surface area (Å²) in [5.74, 6) is 1.58. The first-order valence-corrected chi connectivity index (χ1v) is 11.7. The molecule has 1 aliphatic rings. The molecule has 10 heteroatoms. The predicted molar refractivity (Wildman–Crippen MR) is 132 cm³/mol. The number of halogens is 1. The van der Waals surface area contributed by atoms with Gasteiger partial charge in [-0.15, -0.1) is 0 Å². The van der Waals surface area contributed by atoms with E-state index in [4.69, 9.17) is 35.3 Å². The number of rotatable bonds is 9. The highest BCUT2D eigenvalue weighted by atomic mass is 35.5.